The molecule has 2 aromatic heterocycles. The predicted octanol–water partition coefficient (Wildman–Crippen LogP) is 3.84. The van der Waals surface area contributed by atoms with Gasteiger partial charge in [0.15, 0.2) is 11.6 Å². The lowest BCUT2D eigenvalue weighted by atomic mass is 10.00. The van der Waals surface area contributed by atoms with Crippen LogP contribution in [0.25, 0.3) is 11.6 Å². The first-order valence-corrected chi connectivity index (χ1v) is 9.32. The first-order valence-electron chi connectivity index (χ1n) is 8.94. The van der Waals surface area contributed by atoms with Crippen molar-refractivity contribution in [3.63, 3.8) is 0 Å². The maximum Gasteiger partial charge on any atom is 0.410 e. The van der Waals surface area contributed by atoms with E-state index in [1.807, 2.05) is 37.3 Å². The van der Waals surface area contributed by atoms with E-state index in [-0.39, 0.29) is 18.7 Å². The number of ether oxygens (including phenoxy) is 1. The fourth-order valence-corrected chi connectivity index (χ4v) is 3.58. The van der Waals surface area contributed by atoms with Crippen molar-refractivity contribution in [3.05, 3.63) is 70.8 Å². The Morgan fingerprint density at radius 3 is 2.64 bits per heavy atom. The SMILES string of the molecule is CC1c2c(Cl)nc(-c3ncccn3)nc2CCN1C(=O)OCc1ccccc1. The summed E-state index contributed by atoms with van der Waals surface area (Å²) in [6.45, 7) is 2.62. The summed E-state index contributed by atoms with van der Waals surface area (Å²) in [5, 5.41) is 0.306. The highest BCUT2D eigenvalue weighted by Gasteiger charge is 2.32. The molecule has 3 heterocycles. The molecule has 3 aromatic rings. The quantitative estimate of drug-likeness (QED) is 0.626. The van der Waals surface area contributed by atoms with Gasteiger partial charge in [0.1, 0.15) is 11.8 Å². The van der Waals surface area contributed by atoms with Crippen molar-refractivity contribution in [2.75, 3.05) is 6.54 Å². The number of carbonyl (C=O) groups is 1. The lowest BCUT2D eigenvalue weighted by Crippen LogP contribution is -2.40. The van der Waals surface area contributed by atoms with Crippen LogP contribution in [-0.2, 0) is 17.8 Å². The summed E-state index contributed by atoms with van der Waals surface area (Å²) in [5.74, 6) is 0.807. The summed E-state index contributed by atoms with van der Waals surface area (Å²) in [6, 6.07) is 11.0. The molecule has 28 heavy (non-hydrogen) atoms. The Kier molecular flexibility index (Phi) is 5.16. The first kappa shape index (κ1) is 18.3. The molecule has 1 unspecified atom stereocenters. The molecule has 1 aliphatic heterocycles. The van der Waals surface area contributed by atoms with Crippen LogP contribution in [0.15, 0.2) is 48.8 Å². The van der Waals surface area contributed by atoms with E-state index >= 15 is 0 Å². The standard InChI is InChI=1S/C20H18ClN5O2/c1-13-16-15(24-19(25-17(16)21)18-22-9-5-10-23-18)8-11-26(13)20(27)28-12-14-6-3-2-4-7-14/h2-7,9-10,13H,8,11-12H2,1H3. The Morgan fingerprint density at radius 2 is 1.89 bits per heavy atom. The van der Waals surface area contributed by atoms with Gasteiger partial charge in [0.25, 0.3) is 0 Å². The molecule has 0 fully saturated rings. The van der Waals surface area contributed by atoms with Gasteiger partial charge in [-0.05, 0) is 18.6 Å². The van der Waals surface area contributed by atoms with Crippen LogP contribution in [0.2, 0.25) is 5.15 Å². The van der Waals surface area contributed by atoms with Gasteiger partial charge in [-0.1, -0.05) is 41.9 Å². The van der Waals surface area contributed by atoms with Crippen molar-refractivity contribution in [1.82, 2.24) is 24.8 Å². The Labute approximate surface area is 167 Å². The van der Waals surface area contributed by atoms with Crippen molar-refractivity contribution in [1.29, 1.82) is 0 Å². The summed E-state index contributed by atoms with van der Waals surface area (Å²) in [4.78, 5) is 31.5. The van der Waals surface area contributed by atoms with Gasteiger partial charge in [-0.3, -0.25) is 0 Å². The third-order valence-electron chi connectivity index (χ3n) is 4.66. The molecule has 0 spiro atoms. The van der Waals surface area contributed by atoms with Gasteiger partial charge in [0, 0.05) is 30.9 Å². The van der Waals surface area contributed by atoms with Gasteiger partial charge in [0.2, 0.25) is 0 Å². The summed E-state index contributed by atoms with van der Waals surface area (Å²) in [5.41, 5.74) is 2.49. The number of amides is 1. The second-order valence-corrected chi connectivity index (χ2v) is 6.79. The number of rotatable bonds is 3. The van der Waals surface area contributed by atoms with E-state index in [4.69, 9.17) is 16.3 Å². The van der Waals surface area contributed by atoms with Crippen LogP contribution in [0.5, 0.6) is 0 Å². The average molecular weight is 396 g/mol. The molecule has 0 radical (unpaired) electrons. The molecule has 8 heteroatoms. The number of carbonyl (C=O) groups excluding carboxylic acids is 1. The summed E-state index contributed by atoms with van der Waals surface area (Å²) >= 11 is 6.45. The number of benzene rings is 1. The number of nitrogens with zero attached hydrogens (tertiary/aromatic N) is 5. The molecule has 0 saturated heterocycles. The molecular formula is C20H18ClN5O2. The van der Waals surface area contributed by atoms with Crippen LogP contribution >= 0.6 is 11.6 Å². The van der Waals surface area contributed by atoms with E-state index in [0.29, 0.717) is 29.8 Å². The smallest absolute Gasteiger partial charge is 0.410 e. The normalized spacial score (nSPS) is 15.8. The molecule has 0 aliphatic carbocycles. The van der Waals surface area contributed by atoms with Crippen molar-refractivity contribution in [2.24, 2.45) is 0 Å². The second-order valence-electron chi connectivity index (χ2n) is 6.43. The van der Waals surface area contributed by atoms with Crippen LogP contribution in [0, 0.1) is 0 Å². The van der Waals surface area contributed by atoms with E-state index in [1.54, 1.807) is 23.4 Å². The zero-order valence-electron chi connectivity index (χ0n) is 15.2. The van der Waals surface area contributed by atoms with E-state index < -0.39 is 0 Å². The summed E-state index contributed by atoms with van der Waals surface area (Å²) in [6.07, 6.45) is 3.44. The molecule has 1 aliphatic rings. The van der Waals surface area contributed by atoms with E-state index in [2.05, 4.69) is 19.9 Å². The van der Waals surface area contributed by atoms with Crippen LogP contribution in [0.3, 0.4) is 0 Å². The highest BCUT2D eigenvalue weighted by atomic mass is 35.5. The largest absolute Gasteiger partial charge is 0.445 e. The van der Waals surface area contributed by atoms with Crippen molar-refractivity contribution in [2.45, 2.75) is 26.0 Å². The first-order chi connectivity index (χ1) is 13.6. The molecule has 0 saturated carbocycles. The molecule has 1 aromatic carbocycles. The minimum atomic E-state index is -0.381. The fraction of sp³-hybridized carbons (Fsp3) is 0.250. The Morgan fingerprint density at radius 1 is 1.14 bits per heavy atom. The third-order valence-corrected chi connectivity index (χ3v) is 4.95. The zero-order valence-corrected chi connectivity index (χ0v) is 16.0. The van der Waals surface area contributed by atoms with Gasteiger partial charge >= 0.3 is 6.09 Å². The number of hydrogen-bond donors (Lipinski definition) is 0. The maximum atomic E-state index is 12.6. The highest BCUT2D eigenvalue weighted by molar-refractivity contribution is 6.30. The number of hydrogen-bond acceptors (Lipinski definition) is 6. The molecule has 1 amide bonds. The second kappa shape index (κ2) is 7.90. The summed E-state index contributed by atoms with van der Waals surface area (Å²) < 4.78 is 5.47. The minimum Gasteiger partial charge on any atom is -0.445 e. The monoisotopic (exact) mass is 395 g/mol. The van der Waals surface area contributed by atoms with Crippen LogP contribution in [0.4, 0.5) is 4.79 Å². The number of aromatic nitrogens is 4. The fourth-order valence-electron chi connectivity index (χ4n) is 3.23. The lowest BCUT2D eigenvalue weighted by Gasteiger charge is -2.34. The van der Waals surface area contributed by atoms with Gasteiger partial charge in [-0.25, -0.2) is 24.7 Å². The highest BCUT2D eigenvalue weighted by Crippen LogP contribution is 2.34. The molecule has 142 valence electrons. The van der Waals surface area contributed by atoms with Crippen molar-refractivity contribution >= 4 is 17.7 Å². The molecule has 7 nitrogen and oxygen atoms in total. The predicted molar refractivity (Wildman–Crippen MR) is 104 cm³/mol. The topological polar surface area (TPSA) is 81.1 Å². The Hall–Kier alpha value is -3.06. The van der Waals surface area contributed by atoms with Gasteiger partial charge in [-0.2, -0.15) is 0 Å². The van der Waals surface area contributed by atoms with E-state index in [9.17, 15) is 4.79 Å². The molecular weight excluding hydrogens is 378 g/mol. The number of halogens is 1. The van der Waals surface area contributed by atoms with Gasteiger partial charge < -0.3 is 9.64 Å². The molecule has 0 bridgehead atoms. The van der Waals surface area contributed by atoms with E-state index in [0.717, 1.165) is 16.8 Å². The van der Waals surface area contributed by atoms with Gasteiger partial charge in [-0.15, -0.1) is 0 Å². The third kappa shape index (κ3) is 3.66. The van der Waals surface area contributed by atoms with Gasteiger partial charge in [0.05, 0.1) is 11.7 Å². The molecule has 0 N–H and O–H groups in total. The van der Waals surface area contributed by atoms with Crippen molar-refractivity contribution in [3.8, 4) is 11.6 Å². The lowest BCUT2D eigenvalue weighted by molar-refractivity contribution is 0.0799. The van der Waals surface area contributed by atoms with Crippen LogP contribution < -0.4 is 0 Å². The zero-order chi connectivity index (χ0) is 19.5. The Bertz CT molecular complexity index is 985. The molecule has 4 rings (SSSR count). The average Bonchev–Trinajstić information content (AvgIpc) is 2.73. The van der Waals surface area contributed by atoms with Crippen LogP contribution in [-0.4, -0.2) is 37.5 Å². The van der Waals surface area contributed by atoms with E-state index in [1.165, 1.54) is 0 Å². The van der Waals surface area contributed by atoms with Crippen molar-refractivity contribution < 1.29 is 9.53 Å². The Balaban J connectivity index is 1.53. The number of fused-ring (bicyclic) bond motifs is 1. The maximum absolute atomic E-state index is 12.6. The minimum absolute atomic E-state index is 0.226. The summed E-state index contributed by atoms with van der Waals surface area (Å²) in [7, 11) is 0. The molecule has 1 atom stereocenters. The van der Waals surface area contributed by atoms with Crippen LogP contribution in [0.1, 0.15) is 29.8 Å².